The van der Waals surface area contributed by atoms with E-state index in [1.54, 1.807) is 0 Å². The molecule has 2 aliphatic rings. The van der Waals surface area contributed by atoms with E-state index in [4.69, 9.17) is 0 Å². The number of hydrogen-bond donors (Lipinski definition) is 0. The molecule has 0 unspecified atom stereocenters. The zero-order valence-corrected chi connectivity index (χ0v) is 13.4. The summed E-state index contributed by atoms with van der Waals surface area (Å²) in [5.41, 5.74) is 5.99. The molecule has 4 rings (SSSR count). The second-order valence-corrected chi connectivity index (χ2v) is 6.75. The molecule has 120 valence electrons. The predicted molar refractivity (Wildman–Crippen MR) is 88.0 cm³/mol. The molecule has 2 aromatic rings. The molecule has 1 atom stereocenters. The standard InChI is InChI=1S/C19H20F2N2/c1-22-10-17(12-7-13(20)9-14(21)8-12)15-3-4-19-16(18(15)11-22)5-6-23(19)2/h3-4,7-9,17H,5-6,10-11H2,1-2H3/t17-/m0/s1. The van der Waals surface area contributed by atoms with Gasteiger partial charge in [-0.3, -0.25) is 0 Å². The van der Waals surface area contributed by atoms with Crippen molar-refractivity contribution in [2.75, 3.05) is 32.1 Å². The van der Waals surface area contributed by atoms with Gasteiger partial charge in [-0.25, -0.2) is 8.78 Å². The monoisotopic (exact) mass is 314 g/mol. The van der Waals surface area contributed by atoms with Gasteiger partial charge in [0.15, 0.2) is 0 Å². The van der Waals surface area contributed by atoms with E-state index in [2.05, 4.69) is 36.0 Å². The van der Waals surface area contributed by atoms with Crippen LogP contribution in [-0.2, 0) is 13.0 Å². The summed E-state index contributed by atoms with van der Waals surface area (Å²) in [5, 5.41) is 0. The summed E-state index contributed by atoms with van der Waals surface area (Å²) in [6.45, 7) is 2.72. The summed E-state index contributed by atoms with van der Waals surface area (Å²) in [5.74, 6) is -0.989. The summed E-state index contributed by atoms with van der Waals surface area (Å²) < 4.78 is 27.3. The highest BCUT2D eigenvalue weighted by molar-refractivity contribution is 5.64. The van der Waals surface area contributed by atoms with Crippen molar-refractivity contribution in [1.82, 2.24) is 4.90 Å². The van der Waals surface area contributed by atoms with E-state index in [-0.39, 0.29) is 5.92 Å². The average Bonchev–Trinajstić information content (AvgIpc) is 2.87. The third kappa shape index (κ3) is 2.41. The summed E-state index contributed by atoms with van der Waals surface area (Å²) >= 11 is 0. The number of rotatable bonds is 1. The Hall–Kier alpha value is -1.94. The first-order valence-electron chi connectivity index (χ1n) is 8.03. The van der Waals surface area contributed by atoms with Gasteiger partial charge in [-0.15, -0.1) is 0 Å². The summed E-state index contributed by atoms with van der Waals surface area (Å²) in [6.07, 6.45) is 1.05. The van der Waals surface area contributed by atoms with Crippen molar-refractivity contribution < 1.29 is 8.78 Å². The van der Waals surface area contributed by atoms with E-state index in [1.807, 2.05) is 0 Å². The Labute approximate surface area is 135 Å². The zero-order chi connectivity index (χ0) is 16.1. The van der Waals surface area contributed by atoms with Crippen LogP contribution in [0.15, 0.2) is 30.3 Å². The van der Waals surface area contributed by atoms with Gasteiger partial charge < -0.3 is 9.80 Å². The normalized spacial score (nSPS) is 20.5. The molecule has 2 nitrogen and oxygen atoms in total. The highest BCUT2D eigenvalue weighted by atomic mass is 19.1. The van der Waals surface area contributed by atoms with E-state index in [9.17, 15) is 8.78 Å². The van der Waals surface area contributed by atoms with Crippen LogP contribution in [0.1, 0.15) is 28.2 Å². The molecule has 0 saturated heterocycles. The lowest BCUT2D eigenvalue weighted by molar-refractivity contribution is 0.294. The first kappa shape index (κ1) is 14.6. The van der Waals surface area contributed by atoms with Gasteiger partial charge in [-0.1, -0.05) is 6.07 Å². The lowest BCUT2D eigenvalue weighted by atomic mass is 9.82. The topological polar surface area (TPSA) is 6.48 Å². The Balaban J connectivity index is 1.86. The molecule has 0 fully saturated rings. The Bertz CT molecular complexity index is 752. The summed E-state index contributed by atoms with van der Waals surface area (Å²) in [6, 6.07) is 8.19. The minimum atomic E-state index is -0.504. The van der Waals surface area contributed by atoms with Gasteiger partial charge in [-0.05, 0) is 53.9 Å². The molecule has 0 radical (unpaired) electrons. The van der Waals surface area contributed by atoms with Crippen molar-refractivity contribution >= 4 is 5.69 Å². The van der Waals surface area contributed by atoms with Crippen molar-refractivity contribution in [1.29, 1.82) is 0 Å². The third-order valence-electron chi connectivity index (χ3n) is 5.14. The first-order valence-corrected chi connectivity index (χ1v) is 8.03. The van der Waals surface area contributed by atoms with Crippen molar-refractivity contribution in [3.8, 4) is 0 Å². The number of halogens is 2. The Kier molecular flexibility index (Phi) is 3.38. The smallest absolute Gasteiger partial charge is 0.126 e. The largest absolute Gasteiger partial charge is 0.374 e. The van der Waals surface area contributed by atoms with Crippen LogP contribution in [-0.4, -0.2) is 32.1 Å². The van der Waals surface area contributed by atoms with Gasteiger partial charge in [-0.2, -0.15) is 0 Å². The first-order chi connectivity index (χ1) is 11.0. The minimum Gasteiger partial charge on any atom is -0.374 e. The Morgan fingerprint density at radius 3 is 2.48 bits per heavy atom. The van der Waals surface area contributed by atoms with Crippen LogP contribution < -0.4 is 4.90 Å². The fourth-order valence-electron chi connectivity index (χ4n) is 4.05. The number of benzene rings is 2. The predicted octanol–water partition coefficient (Wildman–Crippen LogP) is 3.53. The van der Waals surface area contributed by atoms with Crippen molar-refractivity contribution in [3.63, 3.8) is 0 Å². The molecule has 0 amide bonds. The van der Waals surface area contributed by atoms with Crippen LogP contribution >= 0.6 is 0 Å². The highest BCUT2D eigenvalue weighted by Crippen LogP contribution is 2.40. The second-order valence-electron chi connectivity index (χ2n) is 6.75. The molecule has 2 aromatic carbocycles. The molecule has 0 aromatic heterocycles. The van der Waals surface area contributed by atoms with E-state index >= 15 is 0 Å². The van der Waals surface area contributed by atoms with Gasteiger partial charge in [0.25, 0.3) is 0 Å². The lowest BCUT2D eigenvalue weighted by Crippen LogP contribution is -2.31. The molecular weight excluding hydrogens is 294 g/mol. The molecule has 4 heteroatoms. The van der Waals surface area contributed by atoms with Crippen molar-refractivity contribution in [3.05, 3.63) is 64.2 Å². The number of nitrogens with zero attached hydrogens (tertiary/aromatic N) is 2. The molecule has 0 saturated carbocycles. The Morgan fingerprint density at radius 2 is 1.74 bits per heavy atom. The maximum absolute atomic E-state index is 13.7. The van der Waals surface area contributed by atoms with Crippen LogP contribution in [0.4, 0.5) is 14.5 Å². The van der Waals surface area contributed by atoms with Crippen LogP contribution in [0.25, 0.3) is 0 Å². The quantitative estimate of drug-likeness (QED) is 0.794. The molecule has 0 spiro atoms. The fraction of sp³-hybridized carbons (Fsp3) is 0.368. The van der Waals surface area contributed by atoms with Gasteiger partial charge in [0, 0.05) is 44.4 Å². The number of fused-ring (bicyclic) bond motifs is 3. The maximum Gasteiger partial charge on any atom is 0.126 e. The molecule has 0 aliphatic carbocycles. The SMILES string of the molecule is CN1Cc2c(ccc3c2CCN3C)[C@H](c2cc(F)cc(F)c2)C1. The summed E-state index contributed by atoms with van der Waals surface area (Å²) in [7, 11) is 4.19. The lowest BCUT2D eigenvalue weighted by Gasteiger charge is -2.34. The molecule has 23 heavy (non-hydrogen) atoms. The maximum atomic E-state index is 13.7. The second kappa shape index (κ2) is 5.31. The highest BCUT2D eigenvalue weighted by Gasteiger charge is 2.30. The Morgan fingerprint density at radius 1 is 1.00 bits per heavy atom. The molecule has 2 aliphatic heterocycles. The van der Waals surface area contributed by atoms with Gasteiger partial charge in [0.1, 0.15) is 11.6 Å². The zero-order valence-electron chi connectivity index (χ0n) is 13.4. The van der Waals surface area contributed by atoms with Crippen LogP contribution in [0.2, 0.25) is 0 Å². The molecule has 0 bridgehead atoms. The van der Waals surface area contributed by atoms with Crippen LogP contribution in [0, 0.1) is 11.6 Å². The van der Waals surface area contributed by atoms with E-state index in [0.717, 1.165) is 37.7 Å². The van der Waals surface area contributed by atoms with E-state index in [0.29, 0.717) is 0 Å². The number of likely N-dealkylation sites (N-methyl/N-ethyl adjacent to an activating group) is 2. The van der Waals surface area contributed by atoms with Crippen molar-refractivity contribution in [2.45, 2.75) is 18.9 Å². The summed E-state index contributed by atoms with van der Waals surface area (Å²) in [4.78, 5) is 4.52. The average molecular weight is 314 g/mol. The minimum absolute atomic E-state index is 0.0187. The van der Waals surface area contributed by atoms with Gasteiger partial charge in [0.2, 0.25) is 0 Å². The fourth-order valence-corrected chi connectivity index (χ4v) is 4.05. The third-order valence-corrected chi connectivity index (χ3v) is 5.14. The van der Waals surface area contributed by atoms with E-state index in [1.165, 1.54) is 34.5 Å². The van der Waals surface area contributed by atoms with Crippen LogP contribution in [0.5, 0.6) is 0 Å². The van der Waals surface area contributed by atoms with Gasteiger partial charge in [0.05, 0.1) is 0 Å². The van der Waals surface area contributed by atoms with E-state index < -0.39 is 11.6 Å². The number of anilines is 1. The molecule has 0 N–H and O–H groups in total. The number of hydrogen-bond acceptors (Lipinski definition) is 2. The van der Waals surface area contributed by atoms with Crippen molar-refractivity contribution in [2.24, 2.45) is 0 Å². The molecule has 2 heterocycles. The van der Waals surface area contributed by atoms with Gasteiger partial charge >= 0.3 is 0 Å². The van der Waals surface area contributed by atoms with Crippen LogP contribution in [0.3, 0.4) is 0 Å². The molecular formula is C19H20F2N2.